The lowest BCUT2D eigenvalue weighted by atomic mass is 9.72. The van der Waals surface area contributed by atoms with E-state index in [2.05, 4.69) is 134 Å². The van der Waals surface area contributed by atoms with Crippen LogP contribution in [0.4, 0.5) is 0 Å². The molecule has 198 valence electrons. The van der Waals surface area contributed by atoms with E-state index in [1.165, 1.54) is 77.2 Å². The predicted octanol–water partition coefficient (Wildman–Crippen LogP) is 11.2. The van der Waals surface area contributed by atoms with E-state index in [9.17, 15) is 0 Å². The molecule has 0 saturated carbocycles. The SMILES string of the molecule is CC1(C)c2cc3c(cc2C2C=CCCC21)c1ccccc1n3-c1ccc2c(c1)sc1cc(-c3ccccc3)ccc12. The highest BCUT2D eigenvalue weighted by atomic mass is 32.1. The van der Waals surface area contributed by atoms with Gasteiger partial charge in [0.05, 0.1) is 11.0 Å². The van der Waals surface area contributed by atoms with E-state index < -0.39 is 0 Å². The van der Waals surface area contributed by atoms with Gasteiger partial charge in [-0.3, -0.25) is 0 Å². The van der Waals surface area contributed by atoms with Crippen LogP contribution >= 0.6 is 11.3 Å². The molecule has 0 radical (unpaired) electrons. The van der Waals surface area contributed by atoms with Crippen molar-refractivity contribution in [2.45, 2.75) is 38.0 Å². The molecule has 2 heteroatoms. The summed E-state index contributed by atoms with van der Waals surface area (Å²) in [5, 5.41) is 5.40. The van der Waals surface area contributed by atoms with Gasteiger partial charge >= 0.3 is 0 Å². The van der Waals surface area contributed by atoms with Gasteiger partial charge in [-0.05, 0) is 82.8 Å². The average molecular weight is 546 g/mol. The Balaban J connectivity index is 1.27. The van der Waals surface area contributed by atoms with Crippen LogP contribution in [0.25, 0.3) is 58.8 Å². The molecule has 2 aliphatic rings. The van der Waals surface area contributed by atoms with E-state index >= 15 is 0 Å². The maximum Gasteiger partial charge on any atom is 0.0544 e. The van der Waals surface area contributed by atoms with Crippen molar-refractivity contribution in [2.75, 3.05) is 0 Å². The molecule has 0 spiro atoms. The minimum Gasteiger partial charge on any atom is -0.309 e. The van der Waals surface area contributed by atoms with Gasteiger partial charge in [-0.2, -0.15) is 0 Å². The van der Waals surface area contributed by atoms with Crippen LogP contribution in [0.5, 0.6) is 0 Å². The molecule has 0 bridgehead atoms. The number of fused-ring (bicyclic) bond motifs is 9. The van der Waals surface area contributed by atoms with Gasteiger partial charge in [-0.25, -0.2) is 0 Å². The Morgan fingerprint density at radius 3 is 2.34 bits per heavy atom. The van der Waals surface area contributed by atoms with Crippen LogP contribution in [0.2, 0.25) is 0 Å². The molecule has 0 saturated heterocycles. The van der Waals surface area contributed by atoms with Crippen LogP contribution < -0.4 is 0 Å². The van der Waals surface area contributed by atoms with Gasteiger partial charge in [0.2, 0.25) is 0 Å². The van der Waals surface area contributed by atoms with Crippen LogP contribution in [0, 0.1) is 5.92 Å². The molecule has 2 aliphatic carbocycles. The molecule has 9 rings (SSSR count). The van der Waals surface area contributed by atoms with Crippen LogP contribution in [0.3, 0.4) is 0 Å². The van der Waals surface area contributed by atoms with Crippen molar-refractivity contribution in [3.05, 3.63) is 126 Å². The summed E-state index contributed by atoms with van der Waals surface area (Å²) >= 11 is 1.91. The van der Waals surface area contributed by atoms with Gasteiger partial charge in [0, 0.05) is 42.6 Å². The molecule has 41 heavy (non-hydrogen) atoms. The highest BCUT2D eigenvalue weighted by Crippen LogP contribution is 2.56. The number of thiophene rings is 1. The molecular formula is C39H31NS. The Morgan fingerprint density at radius 2 is 1.46 bits per heavy atom. The van der Waals surface area contributed by atoms with E-state index in [0.717, 1.165) is 0 Å². The summed E-state index contributed by atoms with van der Waals surface area (Å²) in [5.74, 6) is 1.22. The highest BCUT2D eigenvalue weighted by molar-refractivity contribution is 7.25. The molecule has 2 aromatic heterocycles. The Bertz CT molecular complexity index is 2190. The van der Waals surface area contributed by atoms with Crippen molar-refractivity contribution in [3.63, 3.8) is 0 Å². The molecule has 7 aromatic rings. The number of hydrogen-bond donors (Lipinski definition) is 0. The first-order valence-corrected chi connectivity index (χ1v) is 15.7. The van der Waals surface area contributed by atoms with Crippen LogP contribution in [0.1, 0.15) is 43.7 Å². The Kier molecular flexibility index (Phi) is 4.85. The van der Waals surface area contributed by atoms with Gasteiger partial charge < -0.3 is 4.57 Å². The Morgan fingerprint density at radius 1 is 0.683 bits per heavy atom. The largest absolute Gasteiger partial charge is 0.309 e. The average Bonchev–Trinajstić information content (AvgIpc) is 3.61. The fourth-order valence-electron chi connectivity index (χ4n) is 8.02. The van der Waals surface area contributed by atoms with Crippen molar-refractivity contribution >= 4 is 53.3 Å². The number of benzene rings is 5. The van der Waals surface area contributed by atoms with Crippen LogP contribution in [0.15, 0.2) is 115 Å². The molecule has 0 amide bonds. The number of allylic oxidation sites excluding steroid dienone is 2. The third kappa shape index (κ3) is 3.29. The molecule has 0 aliphatic heterocycles. The molecule has 5 aromatic carbocycles. The third-order valence-corrected chi connectivity index (χ3v) is 11.2. The van der Waals surface area contributed by atoms with Gasteiger partial charge in [0.1, 0.15) is 0 Å². The van der Waals surface area contributed by atoms with Gasteiger partial charge in [0.15, 0.2) is 0 Å². The lowest BCUT2D eigenvalue weighted by Crippen LogP contribution is -2.26. The zero-order chi connectivity index (χ0) is 27.3. The predicted molar refractivity (Wildman–Crippen MR) is 177 cm³/mol. The number of rotatable bonds is 2. The maximum absolute atomic E-state index is 2.54. The topological polar surface area (TPSA) is 4.93 Å². The second kappa shape index (κ2) is 8.44. The molecule has 1 nitrogen and oxygen atoms in total. The van der Waals surface area contributed by atoms with Gasteiger partial charge in [-0.1, -0.05) is 92.7 Å². The number of nitrogens with zero attached hydrogens (tertiary/aromatic N) is 1. The molecular weight excluding hydrogens is 515 g/mol. The summed E-state index contributed by atoms with van der Waals surface area (Å²) < 4.78 is 5.19. The molecule has 2 atom stereocenters. The van der Waals surface area contributed by atoms with Crippen LogP contribution in [-0.4, -0.2) is 4.57 Å². The zero-order valence-electron chi connectivity index (χ0n) is 23.4. The monoisotopic (exact) mass is 545 g/mol. The maximum atomic E-state index is 2.54. The molecule has 2 heterocycles. The van der Waals surface area contributed by atoms with Crippen molar-refractivity contribution < 1.29 is 0 Å². The second-order valence-electron chi connectivity index (χ2n) is 12.5. The van der Waals surface area contributed by atoms with E-state index in [4.69, 9.17) is 0 Å². The number of hydrogen-bond acceptors (Lipinski definition) is 1. The lowest BCUT2D eigenvalue weighted by molar-refractivity contribution is 0.301. The molecule has 0 fully saturated rings. The summed E-state index contributed by atoms with van der Waals surface area (Å²) in [6.45, 7) is 4.95. The number of para-hydroxylation sites is 1. The standard InChI is InChI=1S/C39H31NS/c1-39(2)33-14-8-6-12-27(33)31-22-32-28-13-7-9-15-35(28)40(36(32)23-34(31)39)26-17-19-30-29-18-16-25(24-10-4-3-5-11-24)20-37(29)41-38(30)21-26/h3-7,9-13,15-23,27,33H,8,14H2,1-2H3. The van der Waals surface area contributed by atoms with E-state index in [1.54, 1.807) is 5.56 Å². The van der Waals surface area contributed by atoms with Crippen molar-refractivity contribution in [1.29, 1.82) is 0 Å². The quantitative estimate of drug-likeness (QED) is 0.190. The first kappa shape index (κ1) is 23.6. The number of aromatic nitrogens is 1. The summed E-state index contributed by atoms with van der Waals surface area (Å²) in [7, 11) is 0. The van der Waals surface area contributed by atoms with E-state index in [-0.39, 0.29) is 5.41 Å². The molecule has 2 unspecified atom stereocenters. The summed E-state index contributed by atoms with van der Waals surface area (Å²) in [6, 6.07) is 38.7. The fourth-order valence-corrected chi connectivity index (χ4v) is 9.20. The van der Waals surface area contributed by atoms with E-state index in [1.807, 2.05) is 11.3 Å². The summed E-state index contributed by atoms with van der Waals surface area (Å²) in [4.78, 5) is 0. The van der Waals surface area contributed by atoms with Crippen molar-refractivity contribution in [1.82, 2.24) is 4.57 Å². The van der Waals surface area contributed by atoms with Crippen LogP contribution in [-0.2, 0) is 5.41 Å². The zero-order valence-corrected chi connectivity index (χ0v) is 24.2. The van der Waals surface area contributed by atoms with Crippen molar-refractivity contribution in [2.24, 2.45) is 5.92 Å². The van der Waals surface area contributed by atoms with Gasteiger partial charge in [0.25, 0.3) is 0 Å². The molecule has 0 N–H and O–H groups in total. The van der Waals surface area contributed by atoms with Crippen molar-refractivity contribution in [3.8, 4) is 16.8 Å². The first-order valence-electron chi connectivity index (χ1n) is 14.8. The summed E-state index contributed by atoms with van der Waals surface area (Å²) in [6.07, 6.45) is 7.38. The van der Waals surface area contributed by atoms with Gasteiger partial charge in [-0.15, -0.1) is 11.3 Å². The first-order chi connectivity index (χ1) is 20.1. The summed E-state index contributed by atoms with van der Waals surface area (Å²) in [5.41, 5.74) is 9.65. The third-order valence-electron chi connectivity index (χ3n) is 10.1. The highest BCUT2D eigenvalue weighted by Gasteiger charge is 2.46. The second-order valence-corrected chi connectivity index (χ2v) is 13.6. The smallest absolute Gasteiger partial charge is 0.0544 e. The Hall–Kier alpha value is -4.14. The minimum atomic E-state index is 0.173. The Labute approximate surface area is 244 Å². The minimum absolute atomic E-state index is 0.173. The fraction of sp³-hybridized carbons (Fsp3) is 0.179. The van der Waals surface area contributed by atoms with E-state index in [0.29, 0.717) is 11.8 Å². The normalized spacial score (nSPS) is 19.4. The lowest BCUT2D eigenvalue weighted by Gasteiger charge is -2.32.